The van der Waals surface area contributed by atoms with Gasteiger partial charge in [-0.25, -0.2) is 0 Å². The van der Waals surface area contributed by atoms with Crippen LogP contribution in [0, 0.1) is 0 Å². The summed E-state index contributed by atoms with van der Waals surface area (Å²) in [7, 11) is 0. The Morgan fingerprint density at radius 2 is 2.11 bits per heavy atom. The zero-order valence-electron chi connectivity index (χ0n) is 5.64. The Labute approximate surface area is 63.7 Å². The fraction of sp³-hybridized carbons (Fsp3) is 0.500. The van der Waals surface area contributed by atoms with E-state index in [0.29, 0.717) is 15.8 Å². The number of allylic oxidation sites excluding steroid dienone is 3. The van der Waals surface area contributed by atoms with Crippen LogP contribution in [0.4, 0.5) is 0 Å². The number of hydrogen-bond acceptors (Lipinski definition) is 0. The van der Waals surface area contributed by atoms with E-state index >= 15 is 0 Å². The van der Waals surface area contributed by atoms with Crippen LogP contribution >= 0.6 is 0 Å². The van der Waals surface area contributed by atoms with E-state index in [1.807, 2.05) is 0 Å². The van der Waals surface area contributed by atoms with Crippen LogP contribution in [-0.2, 0) is 0 Å². The summed E-state index contributed by atoms with van der Waals surface area (Å²) in [6.07, 6.45) is 10.8. The molecule has 0 bridgehead atoms. The minimum atomic E-state index is 0.305. The zero-order valence-corrected chi connectivity index (χ0v) is 7.74. The fourth-order valence-electron chi connectivity index (χ4n) is 0.871. The molecule has 0 nitrogen and oxygen atoms in total. The van der Waals surface area contributed by atoms with Crippen molar-refractivity contribution >= 4 is 15.8 Å². The molecular weight excluding hydrogens is 171 g/mol. The van der Waals surface area contributed by atoms with Crippen LogP contribution < -0.4 is 0 Å². The summed E-state index contributed by atoms with van der Waals surface area (Å²) in [6, 6.07) is 0. The molecule has 0 amide bonds. The first-order valence-corrected chi connectivity index (χ1v) is 6.25. The van der Waals surface area contributed by atoms with Gasteiger partial charge in [0.1, 0.15) is 0 Å². The van der Waals surface area contributed by atoms with Gasteiger partial charge in [-0.3, -0.25) is 0 Å². The Kier molecular flexibility index (Phi) is 3.87. The fourth-order valence-corrected chi connectivity index (χ4v) is 2.69. The van der Waals surface area contributed by atoms with Gasteiger partial charge < -0.3 is 0 Å². The second kappa shape index (κ2) is 4.87. The molecule has 0 radical (unpaired) electrons. The molecule has 9 heavy (non-hydrogen) atoms. The summed E-state index contributed by atoms with van der Waals surface area (Å²) >= 11 is 0.305. The van der Waals surface area contributed by atoms with Gasteiger partial charge in [0, 0.05) is 0 Å². The first-order valence-electron chi connectivity index (χ1n) is 3.55. The van der Waals surface area contributed by atoms with E-state index in [0.717, 1.165) is 0 Å². The SMILES string of the molecule is C1=CCCCC[AsH]C=C1. The Morgan fingerprint density at radius 1 is 1.11 bits per heavy atom. The van der Waals surface area contributed by atoms with Crippen LogP contribution in [-0.4, -0.2) is 15.8 Å². The van der Waals surface area contributed by atoms with E-state index < -0.39 is 0 Å². The van der Waals surface area contributed by atoms with Crippen LogP contribution in [0.1, 0.15) is 19.3 Å². The zero-order chi connectivity index (χ0) is 6.36. The van der Waals surface area contributed by atoms with Gasteiger partial charge in [0.2, 0.25) is 0 Å². The maximum atomic E-state index is 2.38. The average Bonchev–Trinajstić information content (AvgIpc) is 2.00. The van der Waals surface area contributed by atoms with Gasteiger partial charge in [-0.2, -0.15) is 0 Å². The number of rotatable bonds is 0. The molecule has 0 aromatic rings. The van der Waals surface area contributed by atoms with Crippen molar-refractivity contribution in [3.63, 3.8) is 0 Å². The maximum absolute atomic E-state index is 2.38. The minimum absolute atomic E-state index is 0.305. The molecule has 1 aliphatic heterocycles. The van der Waals surface area contributed by atoms with E-state index in [1.54, 1.807) is 0 Å². The summed E-state index contributed by atoms with van der Waals surface area (Å²) in [4.78, 5) is 2.38. The third-order valence-electron chi connectivity index (χ3n) is 1.40. The molecule has 0 aromatic carbocycles. The van der Waals surface area contributed by atoms with Gasteiger partial charge in [-0.05, 0) is 0 Å². The van der Waals surface area contributed by atoms with Crippen molar-refractivity contribution in [1.29, 1.82) is 0 Å². The standard InChI is InChI=1S/C8H13As/c1-2-4-6-8-9-7-5-3-1/h1,3,5,7,9H,2,4,6,8H2. The molecule has 1 heteroatoms. The summed E-state index contributed by atoms with van der Waals surface area (Å²) in [5.41, 5.74) is 0. The first kappa shape index (κ1) is 7.15. The van der Waals surface area contributed by atoms with Crippen molar-refractivity contribution < 1.29 is 0 Å². The van der Waals surface area contributed by atoms with Gasteiger partial charge in [0.15, 0.2) is 0 Å². The number of hydrogen-bond donors (Lipinski definition) is 0. The monoisotopic (exact) mass is 184 g/mol. The van der Waals surface area contributed by atoms with Crippen molar-refractivity contribution in [2.45, 2.75) is 24.5 Å². The van der Waals surface area contributed by atoms with Crippen molar-refractivity contribution in [3.05, 3.63) is 23.1 Å². The Hall–Kier alpha value is 0.0384. The molecule has 0 spiro atoms. The Balaban J connectivity index is 2.28. The summed E-state index contributed by atoms with van der Waals surface area (Å²) in [5, 5.41) is 1.50. The predicted molar refractivity (Wildman–Crippen MR) is 44.1 cm³/mol. The van der Waals surface area contributed by atoms with Gasteiger partial charge in [0.05, 0.1) is 0 Å². The molecule has 1 atom stereocenters. The van der Waals surface area contributed by atoms with Crippen LogP contribution in [0.25, 0.3) is 0 Å². The molecule has 1 rings (SSSR count). The molecule has 0 N–H and O–H groups in total. The van der Waals surface area contributed by atoms with Crippen molar-refractivity contribution in [2.24, 2.45) is 0 Å². The molecule has 1 aliphatic rings. The van der Waals surface area contributed by atoms with E-state index in [-0.39, 0.29) is 0 Å². The van der Waals surface area contributed by atoms with Gasteiger partial charge in [-0.1, -0.05) is 0 Å². The third-order valence-corrected chi connectivity index (χ3v) is 3.65. The molecule has 0 aliphatic carbocycles. The molecular formula is C8H13As. The second-order valence-electron chi connectivity index (χ2n) is 2.24. The molecule has 1 unspecified atom stereocenters. The quantitative estimate of drug-likeness (QED) is 0.505. The molecule has 50 valence electrons. The Morgan fingerprint density at radius 3 is 3.11 bits per heavy atom. The van der Waals surface area contributed by atoms with Crippen molar-refractivity contribution in [3.8, 4) is 0 Å². The summed E-state index contributed by atoms with van der Waals surface area (Å²) < 4.78 is 0. The van der Waals surface area contributed by atoms with Crippen LogP contribution in [0.2, 0.25) is 5.21 Å². The van der Waals surface area contributed by atoms with E-state index in [9.17, 15) is 0 Å². The predicted octanol–water partition coefficient (Wildman–Crippen LogP) is 2.09. The van der Waals surface area contributed by atoms with E-state index in [2.05, 4.69) is 23.1 Å². The van der Waals surface area contributed by atoms with E-state index in [4.69, 9.17) is 0 Å². The first-order chi connectivity index (χ1) is 4.50. The van der Waals surface area contributed by atoms with E-state index in [1.165, 1.54) is 24.5 Å². The second-order valence-corrected chi connectivity index (χ2v) is 4.84. The van der Waals surface area contributed by atoms with Crippen LogP contribution in [0.15, 0.2) is 23.1 Å². The van der Waals surface area contributed by atoms with Gasteiger partial charge >= 0.3 is 63.3 Å². The molecule has 0 fully saturated rings. The van der Waals surface area contributed by atoms with Crippen molar-refractivity contribution in [1.82, 2.24) is 0 Å². The van der Waals surface area contributed by atoms with Crippen molar-refractivity contribution in [2.75, 3.05) is 0 Å². The molecule has 0 aromatic heterocycles. The summed E-state index contributed by atoms with van der Waals surface area (Å²) in [5.74, 6) is 0. The summed E-state index contributed by atoms with van der Waals surface area (Å²) in [6.45, 7) is 0. The molecule has 0 saturated heterocycles. The van der Waals surface area contributed by atoms with Gasteiger partial charge in [0.25, 0.3) is 0 Å². The Bertz CT molecular complexity index is 99.7. The molecule has 0 saturated carbocycles. The topological polar surface area (TPSA) is 0 Å². The van der Waals surface area contributed by atoms with Gasteiger partial charge in [-0.15, -0.1) is 0 Å². The molecule has 1 heterocycles. The van der Waals surface area contributed by atoms with Crippen LogP contribution in [0.3, 0.4) is 0 Å². The third kappa shape index (κ3) is 3.59. The van der Waals surface area contributed by atoms with Crippen LogP contribution in [0.5, 0.6) is 0 Å². The normalized spacial score (nSPS) is 23.1. The average molecular weight is 184 g/mol.